The van der Waals surface area contributed by atoms with E-state index >= 15 is 0 Å². The lowest BCUT2D eigenvalue weighted by Gasteiger charge is -2.18. The Morgan fingerprint density at radius 3 is 2.55 bits per heavy atom. The maximum atomic E-state index is 4.13. The summed E-state index contributed by atoms with van der Waals surface area (Å²) in [6.07, 6.45) is 9.97. The first-order valence-corrected chi connectivity index (χ1v) is 7.42. The Kier molecular flexibility index (Phi) is 6.18. The Balaban J connectivity index is 1.88. The van der Waals surface area contributed by atoms with Gasteiger partial charge in [0.25, 0.3) is 0 Å². The maximum absolute atomic E-state index is 4.13. The number of hydrogen-bond acceptors (Lipinski definition) is 3. The lowest BCUT2D eigenvalue weighted by molar-refractivity contribution is 0.482. The van der Waals surface area contributed by atoms with Crippen LogP contribution in [0, 0.1) is 0 Å². The van der Waals surface area contributed by atoms with Crippen molar-refractivity contribution in [2.24, 2.45) is 0 Å². The average Bonchev–Trinajstić information content (AvgIpc) is 2.52. The first kappa shape index (κ1) is 14.7. The predicted molar refractivity (Wildman–Crippen MR) is 82.4 cm³/mol. The normalized spacial score (nSPS) is 12.2. The molecule has 1 heterocycles. The fraction of sp³-hybridized carbons (Fsp3) is 0.412. The summed E-state index contributed by atoms with van der Waals surface area (Å²) in [5.41, 5.74) is 2.60. The van der Waals surface area contributed by atoms with Crippen LogP contribution < -0.4 is 5.32 Å². The van der Waals surface area contributed by atoms with Crippen LogP contribution in [0.1, 0.15) is 43.4 Å². The summed E-state index contributed by atoms with van der Waals surface area (Å²) in [6, 6.07) is 11.0. The van der Waals surface area contributed by atoms with Gasteiger partial charge in [-0.25, -0.2) is 9.97 Å². The monoisotopic (exact) mass is 269 g/mol. The van der Waals surface area contributed by atoms with E-state index in [1.54, 1.807) is 6.33 Å². The zero-order chi connectivity index (χ0) is 14.0. The Morgan fingerprint density at radius 2 is 1.85 bits per heavy atom. The summed E-state index contributed by atoms with van der Waals surface area (Å²) in [5.74, 6) is 0. The van der Waals surface area contributed by atoms with Crippen LogP contribution in [0.15, 0.2) is 49.1 Å². The van der Waals surface area contributed by atoms with Gasteiger partial charge in [0.05, 0.1) is 0 Å². The molecule has 0 amide bonds. The second-order valence-electron chi connectivity index (χ2n) is 5.06. The van der Waals surface area contributed by atoms with Crippen molar-refractivity contribution >= 4 is 0 Å². The number of aromatic nitrogens is 2. The van der Waals surface area contributed by atoms with Gasteiger partial charge in [0, 0.05) is 24.0 Å². The third-order valence-corrected chi connectivity index (χ3v) is 3.42. The van der Waals surface area contributed by atoms with Crippen LogP contribution in [0.25, 0.3) is 0 Å². The minimum absolute atomic E-state index is 0.361. The second-order valence-corrected chi connectivity index (χ2v) is 5.06. The molecular formula is C17H23N3. The highest BCUT2D eigenvalue weighted by Crippen LogP contribution is 2.18. The highest BCUT2D eigenvalue weighted by Gasteiger charge is 2.10. The average molecular weight is 269 g/mol. The van der Waals surface area contributed by atoms with E-state index in [0.717, 1.165) is 25.8 Å². The van der Waals surface area contributed by atoms with Crippen molar-refractivity contribution in [2.45, 2.75) is 38.6 Å². The Hall–Kier alpha value is -1.74. The van der Waals surface area contributed by atoms with Crippen molar-refractivity contribution in [2.75, 3.05) is 6.54 Å². The Bertz CT molecular complexity index is 470. The van der Waals surface area contributed by atoms with Gasteiger partial charge in [-0.05, 0) is 37.8 Å². The fourth-order valence-corrected chi connectivity index (χ4v) is 2.35. The first-order valence-electron chi connectivity index (χ1n) is 7.42. The second kappa shape index (κ2) is 8.43. The zero-order valence-corrected chi connectivity index (χ0v) is 12.1. The molecule has 1 aromatic carbocycles. The number of hydrogen-bond donors (Lipinski definition) is 1. The van der Waals surface area contributed by atoms with Crippen LogP contribution in [-0.2, 0) is 6.42 Å². The van der Waals surface area contributed by atoms with Crippen molar-refractivity contribution in [3.05, 3.63) is 60.2 Å². The third kappa shape index (κ3) is 4.74. The number of nitrogens with one attached hydrogen (secondary N) is 1. The molecule has 0 aliphatic carbocycles. The van der Waals surface area contributed by atoms with Crippen molar-refractivity contribution in [1.29, 1.82) is 0 Å². The molecule has 1 atom stereocenters. The molecule has 1 unspecified atom stereocenters. The molecule has 0 aliphatic rings. The topological polar surface area (TPSA) is 37.8 Å². The standard InChI is InChI=1S/C17H23N3/c1-2-11-20-17(16-12-18-14-19-13-16)10-6-9-15-7-4-3-5-8-15/h3-5,7-8,12-14,17,20H,2,6,9-11H2,1H3. The van der Waals surface area contributed by atoms with Gasteiger partial charge in [-0.3, -0.25) is 0 Å². The van der Waals surface area contributed by atoms with E-state index in [-0.39, 0.29) is 0 Å². The summed E-state index contributed by atoms with van der Waals surface area (Å²) in [5, 5.41) is 3.59. The SMILES string of the molecule is CCCNC(CCCc1ccccc1)c1cncnc1. The van der Waals surface area contributed by atoms with Gasteiger partial charge in [-0.1, -0.05) is 37.3 Å². The quantitative estimate of drug-likeness (QED) is 0.796. The molecular weight excluding hydrogens is 246 g/mol. The van der Waals surface area contributed by atoms with Crippen LogP contribution in [0.3, 0.4) is 0 Å². The third-order valence-electron chi connectivity index (χ3n) is 3.42. The molecule has 0 bridgehead atoms. The van der Waals surface area contributed by atoms with Crippen LogP contribution in [0.5, 0.6) is 0 Å². The molecule has 2 rings (SSSR count). The van der Waals surface area contributed by atoms with Crippen molar-refractivity contribution in [3.63, 3.8) is 0 Å². The number of rotatable bonds is 8. The smallest absolute Gasteiger partial charge is 0.115 e. The Morgan fingerprint density at radius 1 is 1.10 bits per heavy atom. The van der Waals surface area contributed by atoms with E-state index in [1.165, 1.54) is 17.5 Å². The molecule has 0 aliphatic heterocycles. The van der Waals surface area contributed by atoms with Crippen LogP contribution in [-0.4, -0.2) is 16.5 Å². The summed E-state index contributed by atoms with van der Waals surface area (Å²) in [6.45, 7) is 3.22. The highest BCUT2D eigenvalue weighted by atomic mass is 14.9. The molecule has 106 valence electrons. The largest absolute Gasteiger partial charge is 0.310 e. The van der Waals surface area contributed by atoms with Gasteiger partial charge in [0.15, 0.2) is 0 Å². The summed E-state index contributed by atoms with van der Waals surface area (Å²) in [4.78, 5) is 8.26. The molecule has 0 saturated heterocycles. The lowest BCUT2D eigenvalue weighted by atomic mass is 10.0. The van der Waals surface area contributed by atoms with Crippen molar-refractivity contribution in [3.8, 4) is 0 Å². The van der Waals surface area contributed by atoms with E-state index in [0.29, 0.717) is 6.04 Å². The predicted octanol–water partition coefficient (Wildman–Crippen LogP) is 3.54. The highest BCUT2D eigenvalue weighted by molar-refractivity contribution is 5.15. The summed E-state index contributed by atoms with van der Waals surface area (Å²) in [7, 11) is 0. The summed E-state index contributed by atoms with van der Waals surface area (Å²) >= 11 is 0. The molecule has 2 aromatic rings. The van der Waals surface area contributed by atoms with Crippen molar-refractivity contribution < 1.29 is 0 Å². The minimum atomic E-state index is 0.361. The molecule has 0 fully saturated rings. The summed E-state index contributed by atoms with van der Waals surface area (Å²) < 4.78 is 0. The number of nitrogens with zero attached hydrogens (tertiary/aromatic N) is 2. The van der Waals surface area contributed by atoms with E-state index in [1.807, 2.05) is 12.4 Å². The van der Waals surface area contributed by atoms with Gasteiger partial charge >= 0.3 is 0 Å². The van der Waals surface area contributed by atoms with Gasteiger partial charge in [-0.15, -0.1) is 0 Å². The molecule has 3 nitrogen and oxygen atoms in total. The molecule has 0 spiro atoms. The van der Waals surface area contributed by atoms with E-state index in [4.69, 9.17) is 0 Å². The zero-order valence-electron chi connectivity index (χ0n) is 12.1. The molecule has 0 radical (unpaired) electrons. The maximum Gasteiger partial charge on any atom is 0.115 e. The molecule has 1 aromatic heterocycles. The Labute approximate surface area is 121 Å². The molecule has 3 heteroatoms. The molecule has 1 N–H and O–H groups in total. The van der Waals surface area contributed by atoms with Crippen molar-refractivity contribution in [1.82, 2.24) is 15.3 Å². The van der Waals surface area contributed by atoms with Gasteiger partial charge in [-0.2, -0.15) is 0 Å². The van der Waals surface area contributed by atoms with Crippen LogP contribution in [0.4, 0.5) is 0 Å². The van der Waals surface area contributed by atoms with Gasteiger partial charge < -0.3 is 5.32 Å². The van der Waals surface area contributed by atoms with Crippen LogP contribution >= 0.6 is 0 Å². The van der Waals surface area contributed by atoms with E-state index in [9.17, 15) is 0 Å². The number of aryl methyl sites for hydroxylation is 1. The molecule has 20 heavy (non-hydrogen) atoms. The van der Waals surface area contributed by atoms with E-state index in [2.05, 4.69) is 52.5 Å². The van der Waals surface area contributed by atoms with E-state index < -0.39 is 0 Å². The first-order chi connectivity index (χ1) is 9.90. The minimum Gasteiger partial charge on any atom is -0.310 e. The van der Waals surface area contributed by atoms with Crippen LogP contribution in [0.2, 0.25) is 0 Å². The molecule has 0 saturated carbocycles. The fourth-order valence-electron chi connectivity index (χ4n) is 2.35. The van der Waals surface area contributed by atoms with Gasteiger partial charge in [0.2, 0.25) is 0 Å². The van der Waals surface area contributed by atoms with Gasteiger partial charge in [0.1, 0.15) is 6.33 Å². The lowest BCUT2D eigenvalue weighted by Crippen LogP contribution is -2.22. The number of benzene rings is 1.